The first-order valence-electron chi connectivity index (χ1n) is 11.6. The molecule has 9 nitrogen and oxygen atoms in total. The number of pyridine rings is 1. The Kier molecular flexibility index (Phi) is 6.50. The van der Waals surface area contributed by atoms with Gasteiger partial charge < -0.3 is 20.4 Å². The van der Waals surface area contributed by atoms with Crippen molar-refractivity contribution in [3.8, 4) is 17.3 Å². The number of carbonyl (C=O) groups excluding carboxylic acids is 1. The van der Waals surface area contributed by atoms with Gasteiger partial charge >= 0.3 is 0 Å². The summed E-state index contributed by atoms with van der Waals surface area (Å²) in [6, 6.07) is 12.9. The summed E-state index contributed by atoms with van der Waals surface area (Å²) in [6.07, 6.45) is 2.80. The lowest BCUT2D eigenvalue weighted by atomic mass is 10.1. The van der Waals surface area contributed by atoms with Crippen molar-refractivity contribution in [1.82, 2.24) is 25.2 Å². The molecule has 10 heteroatoms. The van der Waals surface area contributed by atoms with E-state index in [9.17, 15) is 14.4 Å². The number of hydrogen-bond donors (Lipinski definition) is 2. The maximum atomic E-state index is 13.6. The van der Waals surface area contributed by atoms with E-state index >= 15 is 0 Å². The average Bonchev–Trinajstić information content (AvgIpc) is 3.34. The molecule has 2 aliphatic heterocycles. The minimum Gasteiger partial charge on any atom is -0.352 e. The highest BCUT2D eigenvalue weighted by Gasteiger charge is 2.25. The molecule has 0 spiro atoms. The summed E-state index contributed by atoms with van der Waals surface area (Å²) in [4.78, 5) is 29.8. The lowest BCUT2D eigenvalue weighted by Crippen LogP contribution is -2.46. The number of carbonyl (C=O) groups is 1. The van der Waals surface area contributed by atoms with E-state index in [1.54, 1.807) is 41.6 Å². The Morgan fingerprint density at radius 2 is 2.03 bits per heavy atom. The third-order valence-electron chi connectivity index (χ3n) is 6.14. The van der Waals surface area contributed by atoms with Crippen molar-refractivity contribution in [2.24, 2.45) is 0 Å². The number of aromatic nitrogens is 3. The molecule has 5 rings (SSSR count). The highest BCUT2D eigenvalue weighted by molar-refractivity contribution is 5.95. The van der Waals surface area contributed by atoms with Gasteiger partial charge in [-0.2, -0.15) is 5.26 Å². The van der Waals surface area contributed by atoms with Gasteiger partial charge in [-0.3, -0.25) is 4.79 Å². The monoisotopic (exact) mass is 472 g/mol. The zero-order chi connectivity index (χ0) is 24.2. The highest BCUT2D eigenvalue weighted by atomic mass is 19.1. The fourth-order valence-corrected chi connectivity index (χ4v) is 4.33. The molecule has 1 aromatic carbocycles. The molecule has 1 amide bonds. The van der Waals surface area contributed by atoms with Crippen LogP contribution in [0.25, 0.3) is 11.3 Å². The van der Waals surface area contributed by atoms with Gasteiger partial charge in [0.05, 0.1) is 17.8 Å². The van der Waals surface area contributed by atoms with Gasteiger partial charge in [-0.15, -0.1) is 0 Å². The van der Waals surface area contributed by atoms with E-state index in [0.29, 0.717) is 65.9 Å². The second-order valence-electron chi connectivity index (χ2n) is 8.55. The molecule has 4 heterocycles. The maximum Gasteiger partial charge on any atom is 0.254 e. The van der Waals surface area contributed by atoms with Gasteiger partial charge in [-0.25, -0.2) is 19.3 Å². The predicted octanol–water partition coefficient (Wildman–Crippen LogP) is 2.75. The normalized spacial score (nSPS) is 17.8. The first-order valence-corrected chi connectivity index (χ1v) is 11.6. The van der Waals surface area contributed by atoms with Crippen molar-refractivity contribution >= 4 is 23.4 Å². The first-order chi connectivity index (χ1) is 17.1. The Morgan fingerprint density at radius 3 is 2.80 bits per heavy atom. The minimum absolute atomic E-state index is 0.00269. The van der Waals surface area contributed by atoms with Gasteiger partial charge in [0.1, 0.15) is 18.1 Å². The fourth-order valence-electron chi connectivity index (χ4n) is 4.33. The number of alkyl halides is 1. The molecule has 178 valence electrons. The van der Waals surface area contributed by atoms with E-state index in [-0.39, 0.29) is 12.5 Å². The number of amides is 1. The van der Waals surface area contributed by atoms with Crippen LogP contribution in [-0.2, 0) is 0 Å². The summed E-state index contributed by atoms with van der Waals surface area (Å²) >= 11 is 0. The number of nitrogens with zero attached hydrogens (tertiary/aromatic N) is 6. The van der Waals surface area contributed by atoms with E-state index in [2.05, 4.69) is 31.7 Å². The number of anilines is 3. The molecule has 2 aromatic heterocycles. The molecule has 2 N–H and O–H groups in total. The number of benzene rings is 1. The molecule has 1 atom stereocenters. The molecule has 2 aliphatic rings. The van der Waals surface area contributed by atoms with Crippen LogP contribution in [0.2, 0.25) is 0 Å². The zero-order valence-electron chi connectivity index (χ0n) is 19.1. The van der Waals surface area contributed by atoms with Gasteiger partial charge in [0.2, 0.25) is 5.95 Å². The third kappa shape index (κ3) is 5.05. The molecule has 0 aliphatic carbocycles. The number of nitriles is 1. The van der Waals surface area contributed by atoms with E-state index in [4.69, 9.17) is 0 Å². The largest absolute Gasteiger partial charge is 0.352 e. The topological polar surface area (TPSA) is 110 Å². The molecular formula is C25H25FN8O. The minimum atomic E-state index is -0.899. The lowest BCUT2D eigenvalue weighted by molar-refractivity contribution is 0.0736. The van der Waals surface area contributed by atoms with Crippen molar-refractivity contribution in [3.05, 3.63) is 59.9 Å². The average molecular weight is 473 g/mol. The van der Waals surface area contributed by atoms with Crippen LogP contribution in [0.3, 0.4) is 0 Å². The summed E-state index contributed by atoms with van der Waals surface area (Å²) < 4.78 is 13.6. The standard InChI is InChI=1S/C25H25FN8O/c26-20-5-9-34(16-20)23-18(14-27)12-19(15-30-23)22-4-6-29-25(32-22)31-21-3-1-2-17(13-21)24(35)33-10-7-28-8-11-33/h1-4,6,12-13,15,20,28H,5,7-11,16H2,(H,29,31,32). The Bertz CT molecular complexity index is 1270. The Morgan fingerprint density at radius 1 is 1.17 bits per heavy atom. The lowest BCUT2D eigenvalue weighted by Gasteiger charge is -2.27. The SMILES string of the molecule is N#Cc1cc(-c2ccnc(Nc3cccc(C(=O)N4CCNCC4)c3)n2)cnc1N1CCC(F)C1. The quantitative estimate of drug-likeness (QED) is 0.583. The highest BCUT2D eigenvalue weighted by Crippen LogP contribution is 2.27. The van der Waals surface area contributed by atoms with Crippen molar-refractivity contribution in [1.29, 1.82) is 5.26 Å². The molecule has 1 unspecified atom stereocenters. The van der Waals surface area contributed by atoms with Gasteiger partial charge in [-0.05, 0) is 36.8 Å². The number of hydrogen-bond acceptors (Lipinski definition) is 8. The van der Waals surface area contributed by atoms with E-state index in [0.717, 1.165) is 13.1 Å². The first kappa shape index (κ1) is 22.7. The number of halogens is 1. The van der Waals surface area contributed by atoms with Gasteiger partial charge in [0.25, 0.3) is 5.91 Å². The maximum absolute atomic E-state index is 13.6. The van der Waals surface area contributed by atoms with Crippen molar-refractivity contribution < 1.29 is 9.18 Å². The van der Waals surface area contributed by atoms with Crippen LogP contribution in [0.4, 0.5) is 21.8 Å². The number of nitrogens with one attached hydrogen (secondary N) is 2. The Labute approximate surface area is 202 Å². The van der Waals surface area contributed by atoms with E-state index < -0.39 is 6.17 Å². The molecule has 2 saturated heterocycles. The van der Waals surface area contributed by atoms with Crippen molar-refractivity contribution in [2.75, 3.05) is 49.5 Å². The van der Waals surface area contributed by atoms with Gasteiger partial charge in [0, 0.05) is 61.9 Å². The van der Waals surface area contributed by atoms with E-state index in [1.165, 1.54) is 0 Å². The van der Waals surface area contributed by atoms with Crippen molar-refractivity contribution in [2.45, 2.75) is 12.6 Å². The smallest absolute Gasteiger partial charge is 0.254 e. The molecule has 0 saturated carbocycles. The van der Waals surface area contributed by atoms with E-state index in [1.807, 2.05) is 17.0 Å². The zero-order valence-corrected chi connectivity index (χ0v) is 19.1. The summed E-state index contributed by atoms with van der Waals surface area (Å²) in [5, 5.41) is 16.0. The predicted molar refractivity (Wildman–Crippen MR) is 130 cm³/mol. The molecule has 3 aromatic rings. The molecular weight excluding hydrogens is 447 g/mol. The Hall–Kier alpha value is -4.10. The van der Waals surface area contributed by atoms with Crippen LogP contribution in [0.1, 0.15) is 22.3 Å². The van der Waals surface area contributed by atoms with Crippen LogP contribution in [0.15, 0.2) is 48.8 Å². The van der Waals surface area contributed by atoms with Gasteiger partial charge in [0.15, 0.2) is 0 Å². The second-order valence-corrected chi connectivity index (χ2v) is 8.55. The number of rotatable bonds is 5. The second kappa shape index (κ2) is 10.0. The summed E-state index contributed by atoms with van der Waals surface area (Å²) in [7, 11) is 0. The molecule has 2 fully saturated rings. The summed E-state index contributed by atoms with van der Waals surface area (Å²) in [5.74, 6) is 0.851. The van der Waals surface area contributed by atoms with Crippen LogP contribution in [-0.4, -0.2) is 71.2 Å². The van der Waals surface area contributed by atoms with Gasteiger partial charge in [-0.1, -0.05) is 6.07 Å². The van der Waals surface area contributed by atoms with Crippen LogP contribution >= 0.6 is 0 Å². The Balaban J connectivity index is 1.34. The number of piperazine rings is 1. The summed E-state index contributed by atoms with van der Waals surface area (Å²) in [6.45, 7) is 3.75. The third-order valence-corrected chi connectivity index (χ3v) is 6.14. The molecule has 0 radical (unpaired) electrons. The van der Waals surface area contributed by atoms with Crippen LogP contribution in [0.5, 0.6) is 0 Å². The summed E-state index contributed by atoms with van der Waals surface area (Å²) in [5.41, 5.74) is 2.93. The van der Waals surface area contributed by atoms with Crippen molar-refractivity contribution in [3.63, 3.8) is 0 Å². The molecule has 0 bridgehead atoms. The molecule has 35 heavy (non-hydrogen) atoms. The van der Waals surface area contributed by atoms with Crippen LogP contribution < -0.4 is 15.5 Å². The van der Waals surface area contributed by atoms with Crippen LogP contribution in [0, 0.1) is 11.3 Å². The fraction of sp³-hybridized carbons (Fsp3) is 0.320.